The van der Waals surface area contributed by atoms with Gasteiger partial charge in [0.2, 0.25) is 5.88 Å². The Balaban J connectivity index is 1.39. The van der Waals surface area contributed by atoms with Crippen molar-refractivity contribution in [3.63, 3.8) is 0 Å². The Labute approximate surface area is 225 Å². The van der Waals surface area contributed by atoms with Crippen LogP contribution in [-0.2, 0) is 15.9 Å². The summed E-state index contributed by atoms with van der Waals surface area (Å²) in [5, 5.41) is 14.3. The first kappa shape index (κ1) is 26.3. The number of carbonyl (C=O) groups is 1. The lowest BCUT2D eigenvalue weighted by Gasteiger charge is -2.39. The number of benzene rings is 2. The van der Waals surface area contributed by atoms with Crippen LogP contribution in [0.4, 0.5) is 22.9 Å². The van der Waals surface area contributed by atoms with E-state index in [1.54, 1.807) is 6.07 Å². The summed E-state index contributed by atoms with van der Waals surface area (Å²) in [6, 6.07) is 11.6. The molecule has 12 nitrogen and oxygen atoms in total. The number of rotatable bonds is 8. The van der Waals surface area contributed by atoms with Gasteiger partial charge < -0.3 is 30.2 Å². The molecule has 0 saturated carbocycles. The first-order valence-corrected chi connectivity index (χ1v) is 12.8. The van der Waals surface area contributed by atoms with Crippen LogP contribution in [0.5, 0.6) is 11.6 Å². The third-order valence-corrected chi connectivity index (χ3v) is 6.88. The average Bonchev–Trinajstić information content (AvgIpc) is 3.37. The highest BCUT2D eigenvalue weighted by molar-refractivity contribution is 5.96. The van der Waals surface area contributed by atoms with Crippen molar-refractivity contribution in [2.24, 2.45) is 5.73 Å². The van der Waals surface area contributed by atoms with Crippen molar-refractivity contribution in [1.82, 2.24) is 9.97 Å². The third kappa shape index (κ3) is 5.61. The van der Waals surface area contributed by atoms with E-state index >= 15 is 0 Å². The Kier molecular flexibility index (Phi) is 7.31. The van der Waals surface area contributed by atoms with Crippen LogP contribution in [0.1, 0.15) is 41.5 Å². The van der Waals surface area contributed by atoms with Crippen LogP contribution in [0, 0.1) is 17.0 Å². The topological polar surface area (TPSA) is 155 Å². The van der Waals surface area contributed by atoms with Crippen LogP contribution >= 0.6 is 0 Å². The van der Waals surface area contributed by atoms with Gasteiger partial charge in [-0.2, -0.15) is 4.98 Å². The molecule has 1 aromatic heterocycles. The number of piperidine rings is 1. The van der Waals surface area contributed by atoms with Gasteiger partial charge in [0.15, 0.2) is 17.3 Å². The van der Waals surface area contributed by atoms with Crippen molar-refractivity contribution in [1.29, 1.82) is 0 Å². The largest absolute Gasteiger partial charge is 0.437 e. The molecule has 0 bridgehead atoms. The van der Waals surface area contributed by atoms with E-state index in [1.165, 1.54) is 18.2 Å². The summed E-state index contributed by atoms with van der Waals surface area (Å²) in [4.78, 5) is 34.1. The summed E-state index contributed by atoms with van der Waals surface area (Å²) in [5.74, 6) is -0.707. The minimum atomic E-state index is -0.742. The second-order valence-corrected chi connectivity index (χ2v) is 9.47. The molecule has 2 aromatic carbocycles. The molecule has 2 aliphatic rings. The van der Waals surface area contributed by atoms with Crippen LogP contribution in [-0.4, -0.2) is 52.9 Å². The number of anilines is 3. The molecule has 2 saturated heterocycles. The van der Waals surface area contributed by atoms with E-state index in [9.17, 15) is 14.9 Å². The number of ether oxygens (including phenoxy) is 3. The maximum Gasteiger partial charge on any atom is 0.273 e. The van der Waals surface area contributed by atoms with E-state index in [4.69, 9.17) is 19.9 Å². The molecule has 12 heteroatoms. The molecule has 0 atom stereocenters. The van der Waals surface area contributed by atoms with Crippen molar-refractivity contribution < 1.29 is 23.9 Å². The van der Waals surface area contributed by atoms with Crippen molar-refractivity contribution in [3.05, 3.63) is 69.5 Å². The highest BCUT2D eigenvalue weighted by Gasteiger charge is 2.40. The van der Waals surface area contributed by atoms with Crippen molar-refractivity contribution in [2.75, 3.05) is 36.5 Å². The number of nitrogens with zero attached hydrogens (tertiary/aromatic N) is 4. The van der Waals surface area contributed by atoms with Gasteiger partial charge in [0.25, 0.3) is 11.6 Å². The first-order valence-electron chi connectivity index (χ1n) is 12.8. The van der Waals surface area contributed by atoms with Crippen LogP contribution in [0.2, 0.25) is 0 Å². The van der Waals surface area contributed by atoms with Crippen LogP contribution in [0.3, 0.4) is 0 Å². The van der Waals surface area contributed by atoms with Crippen molar-refractivity contribution in [3.8, 4) is 11.6 Å². The number of non-ortho nitro benzene ring substituents is 1. The number of nitro benzene ring substituents is 1. The second kappa shape index (κ2) is 10.8. The van der Waals surface area contributed by atoms with Gasteiger partial charge in [0, 0.05) is 43.4 Å². The lowest BCUT2D eigenvalue weighted by atomic mass is 10.0. The highest BCUT2D eigenvalue weighted by Crippen LogP contribution is 2.35. The van der Waals surface area contributed by atoms with E-state index in [-0.39, 0.29) is 28.8 Å². The molecule has 5 rings (SSSR count). The predicted octanol–water partition coefficient (Wildman–Crippen LogP) is 4.23. The molecule has 0 unspecified atom stereocenters. The quantitative estimate of drug-likeness (QED) is 0.317. The van der Waals surface area contributed by atoms with E-state index in [1.807, 2.05) is 32.0 Å². The number of aromatic nitrogens is 2. The summed E-state index contributed by atoms with van der Waals surface area (Å²) in [6.45, 7) is 6.78. The summed E-state index contributed by atoms with van der Waals surface area (Å²) in [6.07, 6.45) is 2.01. The van der Waals surface area contributed by atoms with Crippen molar-refractivity contribution >= 4 is 28.8 Å². The molecular weight excluding hydrogens is 504 g/mol. The maximum atomic E-state index is 12.2. The zero-order valence-corrected chi connectivity index (χ0v) is 21.8. The number of hydrogen-bond donors (Lipinski definition) is 2. The van der Waals surface area contributed by atoms with Gasteiger partial charge in [-0.3, -0.25) is 14.9 Å². The zero-order valence-electron chi connectivity index (χ0n) is 21.8. The van der Waals surface area contributed by atoms with Gasteiger partial charge in [0.1, 0.15) is 11.4 Å². The molecule has 1 spiro atoms. The fraction of sp³-hybridized carbons (Fsp3) is 0.370. The Bertz CT molecular complexity index is 1400. The monoisotopic (exact) mass is 534 g/mol. The highest BCUT2D eigenvalue weighted by atomic mass is 16.7. The van der Waals surface area contributed by atoms with E-state index < -0.39 is 16.6 Å². The fourth-order valence-corrected chi connectivity index (χ4v) is 4.90. The van der Waals surface area contributed by atoms with Crippen molar-refractivity contribution in [2.45, 2.75) is 38.9 Å². The minimum absolute atomic E-state index is 0.0298. The Hall–Kier alpha value is -4.29. The molecule has 0 radical (unpaired) electrons. The zero-order chi connectivity index (χ0) is 27.6. The molecule has 2 aliphatic heterocycles. The fourth-order valence-electron chi connectivity index (χ4n) is 4.90. The third-order valence-electron chi connectivity index (χ3n) is 6.88. The van der Waals surface area contributed by atoms with E-state index in [2.05, 4.69) is 20.2 Å². The number of carbonyl (C=O) groups excluding carboxylic acids is 1. The molecule has 204 valence electrons. The number of nitro groups is 1. The van der Waals surface area contributed by atoms with Gasteiger partial charge in [-0.1, -0.05) is 13.0 Å². The van der Waals surface area contributed by atoms with Crippen LogP contribution in [0.15, 0.2) is 42.5 Å². The summed E-state index contributed by atoms with van der Waals surface area (Å²) in [5.41, 5.74) is 8.70. The number of primary amides is 1. The SMILES string of the molecule is CCc1nc(C(N)=O)c(Nc2ccc(N3CCC4(CC3)OCCO4)c(C)c2)nc1Oc1cccc([N+](=O)[O-])c1. The van der Waals surface area contributed by atoms with Gasteiger partial charge in [-0.25, -0.2) is 4.98 Å². The molecule has 0 aliphatic carbocycles. The predicted molar refractivity (Wildman–Crippen MR) is 144 cm³/mol. The summed E-state index contributed by atoms with van der Waals surface area (Å²) < 4.78 is 17.6. The normalized spacial score (nSPS) is 16.3. The minimum Gasteiger partial charge on any atom is -0.437 e. The Morgan fingerprint density at radius 3 is 2.56 bits per heavy atom. The maximum absolute atomic E-state index is 12.2. The van der Waals surface area contributed by atoms with Gasteiger partial charge in [0.05, 0.1) is 24.2 Å². The molecule has 3 N–H and O–H groups in total. The first-order chi connectivity index (χ1) is 18.8. The average molecular weight is 535 g/mol. The Morgan fingerprint density at radius 1 is 1.18 bits per heavy atom. The molecular formula is C27H30N6O6. The molecule has 3 aromatic rings. The molecule has 2 fully saturated rings. The lowest BCUT2D eigenvalue weighted by Crippen LogP contribution is -2.45. The number of nitrogens with two attached hydrogens (primary N) is 1. The number of amides is 1. The second-order valence-electron chi connectivity index (χ2n) is 9.47. The Morgan fingerprint density at radius 2 is 1.92 bits per heavy atom. The van der Waals surface area contributed by atoms with Gasteiger partial charge >= 0.3 is 0 Å². The number of hydrogen-bond acceptors (Lipinski definition) is 10. The smallest absolute Gasteiger partial charge is 0.273 e. The molecule has 3 heterocycles. The molecule has 1 amide bonds. The van der Waals surface area contributed by atoms with E-state index in [0.29, 0.717) is 31.0 Å². The van der Waals surface area contributed by atoms with Gasteiger partial charge in [-0.15, -0.1) is 0 Å². The number of nitrogens with one attached hydrogen (secondary N) is 1. The molecule has 39 heavy (non-hydrogen) atoms. The van der Waals surface area contributed by atoms with Gasteiger partial charge in [-0.05, 0) is 43.2 Å². The van der Waals surface area contributed by atoms with Crippen LogP contribution < -0.4 is 20.7 Å². The van der Waals surface area contributed by atoms with Crippen LogP contribution in [0.25, 0.3) is 0 Å². The standard InChI is InChI=1S/C27H30N6O6/c1-3-21-26(39-20-6-4-5-19(16-20)33(35)36)31-25(23(30-21)24(28)34)29-18-7-8-22(17(2)15-18)32-11-9-27(10-12-32)37-13-14-38-27/h4-8,15-16H,3,9-14H2,1-2H3,(H2,28,34)(H,29,31). The lowest BCUT2D eigenvalue weighted by molar-refractivity contribution is -0.384. The number of aryl methyl sites for hydroxylation is 2. The summed E-state index contributed by atoms with van der Waals surface area (Å²) in [7, 11) is 0. The summed E-state index contributed by atoms with van der Waals surface area (Å²) >= 11 is 0. The van der Waals surface area contributed by atoms with E-state index in [0.717, 1.165) is 37.2 Å².